The monoisotopic (exact) mass is 319 g/mol. The lowest BCUT2D eigenvalue weighted by atomic mass is 10.0. The minimum Gasteiger partial charge on any atom is -0.386 e. The highest BCUT2D eigenvalue weighted by atomic mass is 19.3. The highest BCUT2D eigenvalue weighted by Crippen LogP contribution is 2.24. The molecule has 0 fully saturated rings. The third-order valence-corrected chi connectivity index (χ3v) is 2.67. The van der Waals surface area contributed by atoms with Gasteiger partial charge in [0.1, 0.15) is 6.10 Å². The first-order chi connectivity index (χ1) is 10.3. The Morgan fingerprint density at radius 1 is 1.59 bits per heavy atom. The Morgan fingerprint density at radius 3 is 2.64 bits per heavy atom. The fourth-order valence-corrected chi connectivity index (χ4v) is 1.40. The van der Waals surface area contributed by atoms with Gasteiger partial charge in [-0.25, -0.2) is 0 Å². The van der Waals surface area contributed by atoms with Crippen molar-refractivity contribution >= 4 is 6.29 Å². The molecule has 0 saturated carbocycles. The van der Waals surface area contributed by atoms with Gasteiger partial charge in [0.25, 0.3) is 5.70 Å². The van der Waals surface area contributed by atoms with Gasteiger partial charge >= 0.3 is 5.92 Å². The second-order valence-corrected chi connectivity index (χ2v) is 4.33. The number of hydrogen-bond acceptors (Lipinski definition) is 5. The zero-order valence-corrected chi connectivity index (χ0v) is 12.4. The summed E-state index contributed by atoms with van der Waals surface area (Å²) >= 11 is 0. The molecule has 8 heteroatoms. The number of nitrogens with zero attached hydrogens (tertiary/aromatic N) is 1. The first-order valence-electron chi connectivity index (χ1n) is 6.51. The van der Waals surface area contributed by atoms with E-state index in [0.717, 1.165) is 12.7 Å². The molecule has 1 aliphatic carbocycles. The number of allylic oxidation sites excluding steroid dienone is 4. The number of nitro groups is 1. The third-order valence-electron chi connectivity index (χ3n) is 2.67. The van der Waals surface area contributed by atoms with E-state index in [1.165, 1.54) is 18.2 Å². The van der Waals surface area contributed by atoms with Crippen LogP contribution in [0.25, 0.3) is 0 Å². The van der Waals surface area contributed by atoms with Gasteiger partial charge in [-0.1, -0.05) is 12.2 Å². The molecule has 0 aromatic heterocycles. The van der Waals surface area contributed by atoms with E-state index >= 15 is 0 Å². The molecule has 0 aromatic carbocycles. The largest absolute Gasteiger partial charge is 0.386 e. The molecule has 1 N–H and O–H groups in total. The van der Waals surface area contributed by atoms with E-state index in [0.29, 0.717) is 6.42 Å². The maximum atomic E-state index is 12.8. The molecule has 0 radical (unpaired) electrons. The second-order valence-electron chi connectivity index (χ2n) is 4.33. The first-order valence-corrected chi connectivity index (χ1v) is 6.51. The molecule has 1 aliphatic rings. The number of methoxy groups -OCH3 is 1. The van der Waals surface area contributed by atoms with Gasteiger partial charge in [-0.15, -0.1) is 0 Å². The average molecular weight is 319 g/mol. The summed E-state index contributed by atoms with van der Waals surface area (Å²) in [4.78, 5) is 20.0. The van der Waals surface area contributed by atoms with Crippen LogP contribution in [0.2, 0.25) is 0 Å². The summed E-state index contributed by atoms with van der Waals surface area (Å²) < 4.78 is 30.2. The van der Waals surface area contributed by atoms with Crippen LogP contribution in [0.3, 0.4) is 0 Å². The van der Waals surface area contributed by atoms with Crippen molar-refractivity contribution in [2.75, 3.05) is 13.7 Å². The second kappa shape index (κ2) is 9.91. The zero-order valence-electron chi connectivity index (χ0n) is 12.4. The summed E-state index contributed by atoms with van der Waals surface area (Å²) in [5, 5.41) is 19.8. The van der Waals surface area contributed by atoms with Crippen molar-refractivity contribution in [2.45, 2.75) is 31.8 Å². The number of alkyl halides is 2. The molecule has 0 spiro atoms. The molecular weight excluding hydrogens is 300 g/mol. The van der Waals surface area contributed by atoms with Gasteiger partial charge in [0.2, 0.25) is 0 Å². The summed E-state index contributed by atoms with van der Waals surface area (Å²) in [6.45, 7) is 2.78. The Kier molecular flexibility index (Phi) is 9.04. The first kappa shape index (κ1) is 20.1. The number of aliphatic hydroxyl groups excluding tert-OH is 1. The number of aldehydes is 1. The molecule has 0 amide bonds. The van der Waals surface area contributed by atoms with E-state index in [1.54, 1.807) is 7.11 Å². The summed E-state index contributed by atoms with van der Waals surface area (Å²) in [6, 6.07) is 0. The molecule has 1 unspecified atom stereocenters. The van der Waals surface area contributed by atoms with E-state index in [-0.39, 0.29) is 11.3 Å². The number of carbonyl (C=O) groups is 1. The summed E-state index contributed by atoms with van der Waals surface area (Å²) in [6.07, 6.45) is 2.34. The van der Waals surface area contributed by atoms with Crippen molar-refractivity contribution < 1.29 is 28.3 Å². The van der Waals surface area contributed by atoms with Gasteiger partial charge in [0.05, 0.1) is 4.92 Å². The summed E-state index contributed by atoms with van der Waals surface area (Å²) in [5.41, 5.74) is -0.0545. The Morgan fingerprint density at radius 2 is 2.18 bits per heavy atom. The van der Waals surface area contributed by atoms with Crippen LogP contribution in [-0.2, 0) is 9.53 Å². The van der Waals surface area contributed by atoms with E-state index in [1.807, 2.05) is 6.92 Å². The predicted octanol–water partition coefficient (Wildman–Crippen LogP) is 2.27. The molecule has 1 atom stereocenters. The van der Waals surface area contributed by atoms with Crippen LogP contribution < -0.4 is 0 Å². The third kappa shape index (κ3) is 7.19. The van der Waals surface area contributed by atoms with Crippen molar-refractivity contribution in [3.63, 3.8) is 0 Å². The highest BCUT2D eigenvalue weighted by molar-refractivity contribution is 5.60. The van der Waals surface area contributed by atoms with Crippen LogP contribution in [0.15, 0.2) is 35.6 Å². The van der Waals surface area contributed by atoms with Crippen molar-refractivity contribution in [3.05, 3.63) is 45.7 Å². The normalized spacial score (nSPS) is 15.7. The molecule has 124 valence electrons. The van der Waals surface area contributed by atoms with Crippen LogP contribution in [0, 0.1) is 10.1 Å². The average Bonchev–Trinajstić information content (AvgIpc) is 2.73. The van der Waals surface area contributed by atoms with Gasteiger partial charge in [0.15, 0.2) is 6.29 Å². The SMILES string of the molecule is CCOC.O=CC(F)(F)C(O)CC1=CCC=CC([N+](=O)[O-])=C1. The molecule has 0 aliphatic heterocycles. The molecule has 0 bridgehead atoms. The lowest BCUT2D eigenvalue weighted by Crippen LogP contribution is -2.35. The minimum atomic E-state index is -3.86. The van der Waals surface area contributed by atoms with Crippen molar-refractivity contribution in [1.82, 2.24) is 0 Å². The number of halogens is 2. The Hall–Kier alpha value is -1.93. The van der Waals surface area contributed by atoms with Crippen LogP contribution in [0.5, 0.6) is 0 Å². The van der Waals surface area contributed by atoms with Crippen molar-refractivity contribution in [3.8, 4) is 0 Å². The van der Waals surface area contributed by atoms with E-state index < -0.39 is 29.7 Å². The molecule has 1 rings (SSSR count). The molecular formula is C14H19F2NO5. The molecule has 22 heavy (non-hydrogen) atoms. The predicted molar refractivity (Wildman–Crippen MR) is 76.1 cm³/mol. The molecule has 0 heterocycles. The van der Waals surface area contributed by atoms with E-state index in [2.05, 4.69) is 4.74 Å². The molecule has 0 aromatic rings. The topological polar surface area (TPSA) is 89.7 Å². The van der Waals surface area contributed by atoms with Crippen LogP contribution in [0.1, 0.15) is 19.8 Å². The van der Waals surface area contributed by atoms with Crippen LogP contribution >= 0.6 is 0 Å². The van der Waals surface area contributed by atoms with Crippen LogP contribution in [-0.4, -0.2) is 42.1 Å². The van der Waals surface area contributed by atoms with Crippen LogP contribution in [0.4, 0.5) is 8.78 Å². The smallest absolute Gasteiger partial charge is 0.327 e. The van der Waals surface area contributed by atoms with Gasteiger partial charge in [-0.3, -0.25) is 14.9 Å². The lowest BCUT2D eigenvalue weighted by molar-refractivity contribution is -0.419. The lowest BCUT2D eigenvalue weighted by Gasteiger charge is -2.16. The number of rotatable bonds is 6. The number of ether oxygens (including phenoxy) is 1. The van der Waals surface area contributed by atoms with E-state index in [9.17, 15) is 28.8 Å². The van der Waals surface area contributed by atoms with Crippen molar-refractivity contribution in [2.24, 2.45) is 0 Å². The maximum absolute atomic E-state index is 12.8. The standard InChI is InChI=1S/C11H11F2NO4.C3H8O/c12-11(13,7-15)10(16)6-8-3-1-2-4-9(5-8)14(17)18;1-3-4-2/h2-5,7,10,16H,1,6H2;3H2,1-2H3. The Labute approximate surface area is 126 Å². The Balaban J connectivity index is 0.000000980. The van der Waals surface area contributed by atoms with Gasteiger partial charge in [-0.05, 0) is 18.9 Å². The number of carbonyl (C=O) groups excluding carboxylic acids is 1. The highest BCUT2D eigenvalue weighted by Gasteiger charge is 2.38. The maximum Gasteiger partial charge on any atom is 0.327 e. The fraction of sp³-hybridized carbons (Fsp3) is 0.500. The number of hydrogen-bond donors (Lipinski definition) is 1. The van der Waals surface area contributed by atoms with Gasteiger partial charge in [-0.2, -0.15) is 8.78 Å². The molecule has 0 saturated heterocycles. The fourth-order valence-electron chi connectivity index (χ4n) is 1.40. The van der Waals surface area contributed by atoms with Crippen molar-refractivity contribution in [1.29, 1.82) is 0 Å². The van der Waals surface area contributed by atoms with Gasteiger partial charge in [0, 0.05) is 32.3 Å². The summed E-state index contributed by atoms with van der Waals surface area (Å²) in [7, 11) is 1.68. The van der Waals surface area contributed by atoms with Gasteiger partial charge < -0.3 is 9.84 Å². The van der Waals surface area contributed by atoms with E-state index in [4.69, 9.17) is 0 Å². The molecule has 6 nitrogen and oxygen atoms in total. The Bertz CT molecular complexity index is 470. The minimum absolute atomic E-state index is 0.195. The quantitative estimate of drug-likeness (QED) is 0.461. The summed E-state index contributed by atoms with van der Waals surface area (Å²) in [5.74, 6) is -3.86. The number of aliphatic hydroxyl groups is 1. The zero-order chi connectivity index (χ0) is 17.2.